The van der Waals surface area contributed by atoms with Gasteiger partial charge in [0.15, 0.2) is 11.9 Å². The third-order valence-electron chi connectivity index (χ3n) is 7.29. The lowest BCUT2D eigenvalue weighted by atomic mass is 9.93. The smallest absolute Gasteiger partial charge is 0.309 e. The first-order chi connectivity index (χ1) is 19.2. The number of para-hydroxylation sites is 1. The van der Waals surface area contributed by atoms with Crippen molar-refractivity contribution in [3.8, 4) is 0 Å². The molecule has 9 heteroatoms. The van der Waals surface area contributed by atoms with Gasteiger partial charge in [-0.25, -0.2) is 0 Å². The van der Waals surface area contributed by atoms with Crippen LogP contribution in [0.5, 0.6) is 0 Å². The molecule has 0 radical (unpaired) electrons. The number of carbonyl (C=O) groups excluding carboxylic acids is 3. The fraction of sp³-hybridized carbons (Fsp3) is 0.387. The predicted molar refractivity (Wildman–Crippen MR) is 149 cm³/mol. The summed E-state index contributed by atoms with van der Waals surface area (Å²) < 4.78 is 17.2. The van der Waals surface area contributed by atoms with Crippen LogP contribution in [0.3, 0.4) is 0 Å². The summed E-state index contributed by atoms with van der Waals surface area (Å²) in [5.41, 5.74) is 2.75. The molecule has 1 saturated heterocycles. The molecule has 0 unspecified atom stereocenters. The third kappa shape index (κ3) is 6.26. The topological polar surface area (TPSA) is 119 Å². The van der Waals surface area contributed by atoms with Crippen molar-refractivity contribution < 1.29 is 28.6 Å². The number of amides is 2. The molecule has 3 heterocycles. The van der Waals surface area contributed by atoms with Gasteiger partial charge in [-0.05, 0) is 37.0 Å². The molecule has 2 amide bonds. The van der Waals surface area contributed by atoms with Crippen molar-refractivity contribution in [2.45, 2.75) is 63.7 Å². The molecule has 9 nitrogen and oxygen atoms in total. The fourth-order valence-corrected chi connectivity index (χ4v) is 5.32. The molecule has 210 valence electrons. The first kappa shape index (κ1) is 27.6. The summed E-state index contributed by atoms with van der Waals surface area (Å²) in [6, 6.07) is 16.1. The summed E-state index contributed by atoms with van der Waals surface area (Å²) in [5, 5.41) is 7.06. The number of rotatable bonds is 3. The molecule has 2 aromatic carbocycles. The lowest BCUT2D eigenvalue weighted by Gasteiger charge is -2.27. The summed E-state index contributed by atoms with van der Waals surface area (Å²) in [6.07, 6.45) is 3.93. The number of hydrogen-bond donors (Lipinski definition) is 3. The molecule has 0 aliphatic carbocycles. The summed E-state index contributed by atoms with van der Waals surface area (Å²) in [4.78, 5) is 43.3. The minimum Gasteiger partial charge on any atom is -0.463 e. The Morgan fingerprint density at radius 2 is 1.68 bits per heavy atom. The van der Waals surface area contributed by atoms with E-state index >= 15 is 0 Å². The quantitative estimate of drug-likeness (QED) is 0.341. The molecule has 2 aliphatic rings. The molecule has 5 atom stereocenters. The Bertz CT molecular complexity index is 1400. The van der Waals surface area contributed by atoms with Crippen molar-refractivity contribution in [2.75, 3.05) is 6.61 Å². The number of carbonyl (C=O) groups is 3. The molecule has 0 spiro atoms. The Labute approximate surface area is 233 Å². The van der Waals surface area contributed by atoms with Gasteiger partial charge >= 0.3 is 5.97 Å². The van der Waals surface area contributed by atoms with Crippen LogP contribution in [0, 0.1) is 5.92 Å². The average Bonchev–Trinajstić information content (AvgIpc) is 3.49. The van der Waals surface area contributed by atoms with Crippen molar-refractivity contribution in [3.05, 3.63) is 84.1 Å². The fourth-order valence-electron chi connectivity index (χ4n) is 5.32. The number of hydrogen-bond acceptors (Lipinski definition) is 6. The van der Waals surface area contributed by atoms with Gasteiger partial charge in [0, 0.05) is 23.5 Å². The molecule has 2 aliphatic heterocycles. The van der Waals surface area contributed by atoms with Crippen LogP contribution >= 0.6 is 0 Å². The molecule has 1 aromatic heterocycles. The minimum absolute atomic E-state index is 0.0524. The number of esters is 1. The lowest BCUT2D eigenvalue weighted by Crippen LogP contribution is -2.53. The highest BCUT2D eigenvalue weighted by atomic mass is 16.8. The second-order valence-corrected chi connectivity index (χ2v) is 10.8. The van der Waals surface area contributed by atoms with E-state index in [2.05, 4.69) is 15.6 Å². The first-order valence-corrected chi connectivity index (χ1v) is 13.6. The Morgan fingerprint density at radius 3 is 2.48 bits per heavy atom. The number of aromatic nitrogens is 1. The summed E-state index contributed by atoms with van der Waals surface area (Å²) >= 11 is 0. The van der Waals surface area contributed by atoms with Crippen molar-refractivity contribution in [3.63, 3.8) is 0 Å². The summed E-state index contributed by atoms with van der Waals surface area (Å²) in [6.45, 7) is 5.21. The number of aromatic amines is 1. The van der Waals surface area contributed by atoms with Crippen molar-refractivity contribution in [1.29, 1.82) is 0 Å². The maximum Gasteiger partial charge on any atom is 0.309 e. The van der Waals surface area contributed by atoms with E-state index in [-0.39, 0.29) is 31.3 Å². The Morgan fingerprint density at radius 1 is 0.925 bits per heavy atom. The van der Waals surface area contributed by atoms with Crippen LogP contribution in [0.25, 0.3) is 10.9 Å². The summed E-state index contributed by atoms with van der Waals surface area (Å²) in [5.74, 6) is -2.50. The van der Waals surface area contributed by atoms with Crippen LogP contribution in [0.15, 0.2) is 72.9 Å². The molecule has 40 heavy (non-hydrogen) atoms. The van der Waals surface area contributed by atoms with Crippen LogP contribution in [0.2, 0.25) is 0 Å². The van der Waals surface area contributed by atoms with E-state index in [9.17, 15) is 14.4 Å². The standard InChI is InChI=1S/C31H35N3O6/c1-19-10-9-15-26(35)38-18-25-28(40-31(2,3)39-25)30(37)33-24(16-21-17-32-23-14-8-7-13-22(21)23)29(36)34-27(19)20-11-5-4-6-12-20/h4-14,17,19,24-25,27-28,32H,15-16,18H2,1-3H3,(H,33,37)(H,34,36)/b10-9+/t19-,24+,25-,27+,28-/m1/s1. The van der Waals surface area contributed by atoms with Crippen molar-refractivity contribution in [1.82, 2.24) is 15.6 Å². The average molecular weight is 546 g/mol. The number of cyclic esters (lactones) is 1. The van der Waals surface area contributed by atoms with Crippen molar-refractivity contribution in [2.24, 2.45) is 5.92 Å². The highest BCUT2D eigenvalue weighted by Gasteiger charge is 2.46. The normalized spacial score (nSPS) is 28.5. The van der Waals surface area contributed by atoms with Crippen LogP contribution in [-0.2, 0) is 35.0 Å². The predicted octanol–water partition coefficient (Wildman–Crippen LogP) is 3.71. The molecular weight excluding hydrogens is 510 g/mol. The number of fused-ring (bicyclic) bond motifs is 2. The van der Waals surface area contributed by atoms with E-state index in [4.69, 9.17) is 14.2 Å². The van der Waals surface area contributed by atoms with Gasteiger partial charge in [0.1, 0.15) is 18.8 Å². The van der Waals surface area contributed by atoms with Crippen LogP contribution in [0.1, 0.15) is 44.4 Å². The van der Waals surface area contributed by atoms with Crippen LogP contribution in [-0.4, -0.2) is 53.4 Å². The van der Waals surface area contributed by atoms with Crippen LogP contribution in [0.4, 0.5) is 0 Å². The number of benzene rings is 2. The van der Waals surface area contributed by atoms with Gasteiger partial charge in [0.2, 0.25) is 5.91 Å². The second kappa shape index (κ2) is 11.7. The first-order valence-electron chi connectivity index (χ1n) is 13.6. The molecular formula is C31H35N3O6. The zero-order chi connectivity index (χ0) is 28.3. The molecule has 5 rings (SSSR count). The number of nitrogens with one attached hydrogen (secondary N) is 3. The third-order valence-corrected chi connectivity index (χ3v) is 7.29. The summed E-state index contributed by atoms with van der Waals surface area (Å²) in [7, 11) is 0. The Kier molecular flexibility index (Phi) is 8.04. The maximum atomic E-state index is 13.9. The lowest BCUT2D eigenvalue weighted by molar-refractivity contribution is -0.161. The Balaban J connectivity index is 1.50. The monoisotopic (exact) mass is 545 g/mol. The van der Waals surface area contributed by atoms with Gasteiger partial charge in [-0.1, -0.05) is 67.6 Å². The number of ether oxygens (including phenoxy) is 3. The molecule has 0 saturated carbocycles. The van der Waals surface area contributed by atoms with E-state index in [0.717, 1.165) is 22.0 Å². The van der Waals surface area contributed by atoms with E-state index in [1.807, 2.05) is 73.8 Å². The molecule has 1 fully saturated rings. The number of H-pyrrole nitrogens is 1. The molecule has 3 aromatic rings. The second-order valence-electron chi connectivity index (χ2n) is 10.8. The SMILES string of the molecule is C[C@@H]1/C=C/CC(=O)OC[C@H]2OC(C)(C)O[C@H]2C(=O)N[C@@H](Cc2c[nH]c3ccccc23)C(=O)N[C@@H]1c1ccccc1. The van der Waals surface area contributed by atoms with Crippen molar-refractivity contribution >= 4 is 28.7 Å². The van der Waals surface area contributed by atoms with Gasteiger partial charge in [0.05, 0.1) is 12.5 Å². The van der Waals surface area contributed by atoms with Gasteiger partial charge in [-0.2, -0.15) is 0 Å². The largest absolute Gasteiger partial charge is 0.463 e. The highest BCUT2D eigenvalue weighted by Crippen LogP contribution is 2.30. The zero-order valence-corrected chi connectivity index (χ0v) is 22.9. The van der Waals surface area contributed by atoms with Gasteiger partial charge in [-0.15, -0.1) is 0 Å². The van der Waals surface area contributed by atoms with Gasteiger partial charge in [0.25, 0.3) is 5.91 Å². The van der Waals surface area contributed by atoms with E-state index in [1.165, 1.54) is 0 Å². The van der Waals surface area contributed by atoms with E-state index in [0.29, 0.717) is 0 Å². The Hall–Kier alpha value is -3.95. The minimum atomic E-state index is -1.06. The van der Waals surface area contributed by atoms with Crippen LogP contribution < -0.4 is 10.6 Å². The molecule has 3 N–H and O–H groups in total. The van der Waals surface area contributed by atoms with Gasteiger partial charge < -0.3 is 29.8 Å². The van der Waals surface area contributed by atoms with Gasteiger partial charge in [-0.3, -0.25) is 14.4 Å². The highest BCUT2D eigenvalue weighted by molar-refractivity contribution is 5.91. The van der Waals surface area contributed by atoms with E-state index < -0.39 is 42.0 Å². The van der Waals surface area contributed by atoms with E-state index in [1.54, 1.807) is 19.9 Å². The zero-order valence-electron chi connectivity index (χ0n) is 22.9. The maximum absolute atomic E-state index is 13.9. The molecule has 0 bridgehead atoms.